The summed E-state index contributed by atoms with van der Waals surface area (Å²) in [6.45, 7) is 0. The largest absolute Gasteiger partial charge is 0.399 e. The number of aromatic nitrogens is 2. The van der Waals surface area contributed by atoms with Crippen LogP contribution in [0.5, 0.6) is 0 Å². The van der Waals surface area contributed by atoms with Gasteiger partial charge in [0, 0.05) is 26.3 Å². The van der Waals surface area contributed by atoms with Gasteiger partial charge in [0.15, 0.2) is 0 Å². The van der Waals surface area contributed by atoms with E-state index in [0.29, 0.717) is 26.3 Å². The van der Waals surface area contributed by atoms with Crippen molar-refractivity contribution in [2.24, 2.45) is 0 Å². The van der Waals surface area contributed by atoms with E-state index in [1.54, 1.807) is 24.3 Å². The quantitative estimate of drug-likeness (QED) is 0.674. The van der Waals surface area contributed by atoms with E-state index < -0.39 is 5.82 Å². The zero-order valence-corrected chi connectivity index (χ0v) is 12.8. The Hall–Kier alpha value is -1.92. The van der Waals surface area contributed by atoms with E-state index in [2.05, 4.69) is 26.1 Å². The highest BCUT2D eigenvalue weighted by atomic mass is 79.9. The summed E-state index contributed by atoms with van der Waals surface area (Å²) in [5.74, 6) is 0.154. The molecular formula is C14H8BrClFN3O. The van der Waals surface area contributed by atoms with Crippen molar-refractivity contribution in [1.29, 1.82) is 0 Å². The van der Waals surface area contributed by atoms with Crippen molar-refractivity contribution in [2.45, 2.75) is 0 Å². The predicted octanol–water partition coefficient (Wildman–Crippen LogP) is 4.54. The molecule has 1 aromatic heterocycles. The van der Waals surface area contributed by atoms with Crippen LogP contribution in [0.25, 0.3) is 22.8 Å². The lowest BCUT2D eigenvalue weighted by Crippen LogP contribution is -1.87. The second kappa shape index (κ2) is 5.46. The maximum Gasteiger partial charge on any atom is 0.258 e. The van der Waals surface area contributed by atoms with Crippen molar-refractivity contribution >= 4 is 33.2 Å². The number of halogens is 3. The number of benzene rings is 2. The van der Waals surface area contributed by atoms with E-state index in [-0.39, 0.29) is 11.7 Å². The average molecular weight is 369 g/mol. The van der Waals surface area contributed by atoms with Crippen LogP contribution in [0.15, 0.2) is 45.4 Å². The first-order valence-electron chi connectivity index (χ1n) is 5.88. The molecule has 3 rings (SSSR count). The summed E-state index contributed by atoms with van der Waals surface area (Å²) in [4.78, 5) is 4.24. The van der Waals surface area contributed by atoms with Crippen LogP contribution >= 0.6 is 27.5 Å². The molecule has 0 saturated heterocycles. The van der Waals surface area contributed by atoms with Gasteiger partial charge < -0.3 is 10.3 Å². The summed E-state index contributed by atoms with van der Waals surface area (Å²) in [5.41, 5.74) is 7.33. The lowest BCUT2D eigenvalue weighted by Gasteiger charge is -1.98. The van der Waals surface area contributed by atoms with Gasteiger partial charge in [-0.2, -0.15) is 4.98 Å². The molecule has 106 valence electrons. The molecule has 0 spiro atoms. The number of rotatable bonds is 2. The Labute approximate surface area is 132 Å². The van der Waals surface area contributed by atoms with Crippen LogP contribution in [0, 0.1) is 5.82 Å². The van der Waals surface area contributed by atoms with Crippen LogP contribution < -0.4 is 5.73 Å². The normalized spacial score (nSPS) is 10.8. The molecule has 21 heavy (non-hydrogen) atoms. The van der Waals surface area contributed by atoms with Crippen molar-refractivity contribution < 1.29 is 8.91 Å². The molecule has 0 aliphatic carbocycles. The van der Waals surface area contributed by atoms with Crippen molar-refractivity contribution in [3.8, 4) is 22.8 Å². The number of anilines is 1. The fraction of sp³-hybridized carbons (Fsp3) is 0. The van der Waals surface area contributed by atoms with Gasteiger partial charge in [-0.1, -0.05) is 32.7 Å². The minimum absolute atomic E-state index is 0.264. The second-order valence-electron chi connectivity index (χ2n) is 4.35. The van der Waals surface area contributed by atoms with Crippen LogP contribution in [-0.2, 0) is 0 Å². The maximum atomic E-state index is 13.4. The molecule has 0 bridgehead atoms. The molecule has 0 amide bonds. The number of hydrogen-bond acceptors (Lipinski definition) is 4. The summed E-state index contributed by atoms with van der Waals surface area (Å²) in [6, 6.07) is 9.32. The Bertz CT molecular complexity index is 715. The van der Waals surface area contributed by atoms with Gasteiger partial charge >= 0.3 is 0 Å². The summed E-state index contributed by atoms with van der Waals surface area (Å²) in [6.07, 6.45) is 0. The molecule has 1 heterocycles. The van der Waals surface area contributed by atoms with Crippen molar-refractivity contribution in [2.75, 3.05) is 5.73 Å². The average Bonchev–Trinajstić information content (AvgIpc) is 2.85. The van der Waals surface area contributed by atoms with Crippen LogP contribution in [-0.4, -0.2) is 10.1 Å². The molecule has 0 fully saturated rings. The fourth-order valence-corrected chi connectivity index (χ4v) is 2.59. The Morgan fingerprint density at radius 1 is 1.10 bits per heavy atom. The van der Waals surface area contributed by atoms with Gasteiger partial charge in [-0.3, -0.25) is 0 Å². The molecule has 0 radical (unpaired) electrons. The van der Waals surface area contributed by atoms with Gasteiger partial charge in [0.05, 0.1) is 0 Å². The SMILES string of the molecule is Nc1cc(Cl)cc(-c2nc(-c3cc(F)cc(Br)c3)no2)c1. The van der Waals surface area contributed by atoms with Gasteiger partial charge in [0.2, 0.25) is 5.82 Å². The van der Waals surface area contributed by atoms with E-state index in [0.717, 1.165) is 0 Å². The van der Waals surface area contributed by atoms with Crippen LogP contribution in [0.1, 0.15) is 0 Å². The standard InChI is InChI=1S/C14H8BrClFN3O/c15-9-1-7(3-11(17)5-9)13-19-14(21-20-13)8-2-10(16)6-12(18)4-8/h1-6H,18H2. The number of hydrogen-bond donors (Lipinski definition) is 1. The molecule has 0 aliphatic heterocycles. The number of nitrogens with zero attached hydrogens (tertiary/aromatic N) is 2. The molecule has 0 atom stereocenters. The minimum atomic E-state index is -0.391. The lowest BCUT2D eigenvalue weighted by atomic mass is 10.2. The number of nitrogens with two attached hydrogens (primary N) is 1. The van der Waals surface area contributed by atoms with Crippen molar-refractivity contribution in [3.05, 3.63) is 51.7 Å². The van der Waals surface area contributed by atoms with Crippen molar-refractivity contribution in [3.63, 3.8) is 0 Å². The van der Waals surface area contributed by atoms with E-state index in [4.69, 9.17) is 21.9 Å². The van der Waals surface area contributed by atoms with E-state index >= 15 is 0 Å². The van der Waals surface area contributed by atoms with Gasteiger partial charge in [-0.25, -0.2) is 4.39 Å². The van der Waals surface area contributed by atoms with Crippen molar-refractivity contribution in [1.82, 2.24) is 10.1 Å². The first kappa shape index (κ1) is 14.0. The van der Waals surface area contributed by atoms with Gasteiger partial charge in [0.1, 0.15) is 5.82 Å². The zero-order valence-electron chi connectivity index (χ0n) is 10.5. The first-order valence-corrected chi connectivity index (χ1v) is 7.05. The predicted molar refractivity (Wildman–Crippen MR) is 82.3 cm³/mol. The topological polar surface area (TPSA) is 64.9 Å². The Kier molecular flexibility index (Phi) is 3.65. The Balaban J connectivity index is 2.03. The maximum absolute atomic E-state index is 13.4. The third kappa shape index (κ3) is 3.06. The molecule has 4 nitrogen and oxygen atoms in total. The molecule has 2 N–H and O–H groups in total. The molecular weight excluding hydrogens is 361 g/mol. The van der Waals surface area contributed by atoms with Crippen LogP contribution in [0.4, 0.5) is 10.1 Å². The highest BCUT2D eigenvalue weighted by Gasteiger charge is 2.13. The lowest BCUT2D eigenvalue weighted by molar-refractivity contribution is 0.432. The van der Waals surface area contributed by atoms with Crippen LogP contribution in [0.3, 0.4) is 0 Å². The molecule has 0 aliphatic rings. The summed E-state index contributed by atoms with van der Waals surface area (Å²) in [5, 5.41) is 4.32. The summed E-state index contributed by atoms with van der Waals surface area (Å²) < 4.78 is 19.2. The highest BCUT2D eigenvalue weighted by Crippen LogP contribution is 2.28. The third-order valence-corrected chi connectivity index (χ3v) is 3.39. The zero-order chi connectivity index (χ0) is 15.0. The molecule has 0 saturated carbocycles. The van der Waals surface area contributed by atoms with E-state index in [9.17, 15) is 4.39 Å². The third-order valence-electron chi connectivity index (χ3n) is 2.71. The highest BCUT2D eigenvalue weighted by molar-refractivity contribution is 9.10. The first-order chi connectivity index (χ1) is 10.0. The molecule has 0 unspecified atom stereocenters. The Morgan fingerprint density at radius 2 is 1.90 bits per heavy atom. The van der Waals surface area contributed by atoms with Crippen LogP contribution in [0.2, 0.25) is 5.02 Å². The van der Waals surface area contributed by atoms with E-state index in [1.165, 1.54) is 12.1 Å². The molecule has 3 aromatic rings. The van der Waals surface area contributed by atoms with E-state index in [1.807, 2.05) is 0 Å². The summed E-state index contributed by atoms with van der Waals surface area (Å²) >= 11 is 9.16. The Morgan fingerprint density at radius 3 is 2.62 bits per heavy atom. The minimum Gasteiger partial charge on any atom is -0.399 e. The smallest absolute Gasteiger partial charge is 0.258 e. The van der Waals surface area contributed by atoms with Gasteiger partial charge in [0.25, 0.3) is 5.89 Å². The number of nitrogen functional groups attached to an aromatic ring is 1. The molecule has 2 aromatic carbocycles. The van der Waals surface area contributed by atoms with Gasteiger partial charge in [-0.15, -0.1) is 0 Å². The molecule has 7 heteroatoms. The summed E-state index contributed by atoms with van der Waals surface area (Å²) in [7, 11) is 0. The fourth-order valence-electron chi connectivity index (χ4n) is 1.88. The monoisotopic (exact) mass is 367 g/mol. The van der Waals surface area contributed by atoms with Gasteiger partial charge in [-0.05, 0) is 36.4 Å². The second-order valence-corrected chi connectivity index (χ2v) is 5.71.